The number of anilines is 1. The number of pyridine rings is 1. The number of nitrogens with one attached hydrogen (secondary N) is 1. The normalized spacial score (nSPS) is 10.1. The lowest BCUT2D eigenvalue weighted by Crippen LogP contribution is -2.19. The van der Waals surface area contributed by atoms with Crippen LogP contribution in [0.25, 0.3) is 0 Å². The van der Waals surface area contributed by atoms with Gasteiger partial charge in [0.25, 0.3) is 0 Å². The van der Waals surface area contributed by atoms with Crippen LogP contribution in [-0.4, -0.2) is 30.2 Å². The van der Waals surface area contributed by atoms with E-state index in [1.165, 1.54) is 18.3 Å². The molecule has 1 aromatic rings. The SMILES string of the molecule is Cl.Cl.NCCCC(=O)Nc1ccc(OCC(F)(F)F)nc1. The van der Waals surface area contributed by atoms with Gasteiger partial charge in [-0.05, 0) is 19.0 Å². The van der Waals surface area contributed by atoms with E-state index in [-0.39, 0.29) is 43.0 Å². The highest BCUT2D eigenvalue weighted by molar-refractivity contribution is 5.90. The minimum atomic E-state index is -4.41. The maximum absolute atomic E-state index is 11.9. The predicted molar refractivity (Wildman–Crippen MR) is 77.2 cm³/mol. The molecular weight excluding hydrogens is 334 g/mol. The van der Waals surface area contributed by atoms with Gasteiger partial charge in [-0.2, -0.15) is 13.2 Å². The van der Waals surface area contributed by atoms with E-state index < -0.39 is 12.8 Å². The molecule has 3 N–H and O–H groups in total. The summed E-state index contributed by atoms with van der Waals surface area (Å²) in [5.74, 6) is -0.381. The minimum Gasteiger partial charge on any atom is -0.468 e. The first-order valence-electron chi connectivity index (χ1n) is 5.56. The molecule has 0 spiro atoms. The predicted octanol–water partition coefficient (Wildman–Crippen LogP) is 2.54. The van der Waals surface area contributed by atoms with Gasteiger partial charge in [0, 0.05) is 12.5 Å². The number of nitrogens with zero attached hydrogens (tertiary/aromatic N) is 1. The molecular formula is C11H16Cl2F3N3O2. The molecule has 1 amide bonds. The highest BCUT2D eigenvalue weighted by atomic mass is 35.5. The number of ether oxygens (including phenoxy) is 1. The van der Waals surface area contributed by atoms with Crippen molar-refractivity contribution < 1.29 is 22.7 Å². The van der Waals surface area contributed by atoms with E-state index in [1.54, 1.807) is 0 Å². The number of amides is 1. The van der Waals surface area contributed by atoms with E-state index in [0.717, 1.165) is 0 Å². The number of hydrogen-bond acceptors (Lipinski definition) is 4. The standard InChI is InChI=1S/C11H14F3N3O2.2ClH/c12-11(13,14)7-19-10-4-3-8(6-16-10)17-9(18)2-1-5-15;;/h3-4,6H,1-2,5,7,15H2,(H,17,18);2*1H. The van der Waals surface area contributed by atoms with Crippen LogP contribution in [0.5, 0.6) is 5.88 Å². The Morgan fingerprint density at radius 3 is 2.48 bits per heavy atom. The van der Waals surface area contributed by atoms with Crippen LogP contribution in [0.1, 0.15) is 12.8 Å². The van der Waals surface area contributed by atoms with Crippen molar-refractivity contribution in [3.05, 3.63) is 18.3 Å². The van der Waals surface area contributed by atoms with E-state index in [4.69, 9.17) is 5.73 Å². The smallest absolute Gasteiger partial charge is 0.422 e. The number of alkyl halides is 3. The molecule has 0 aliphatic carbocycles. The third kappa shape index (κ3) is 10.2. The topological polar surface area (TPSA) is 77.2 Å². The lowest BCUT2D eigenvalue weighted by molar-refractivity contribution is -0.154. The molecule has 21 heavy (non-hydrogen) atoms. The maximum Gasteiger partial charge on any atom is 0.422 e. The molecule has 0 saturated carbocycles. The minimum absolute atomic E-state index is 0. The molecule has 1 aromatic heterocycles. The zero-order chi connectivity index (χ0) is 14.3. The molecule has 0 aromatic carbocycles. The Balaban J connectivity index is 0. The van der Waals surface area contributed by atoms with Crippen molar-refractivity contribution in [3.8, 4) is 5.88 Å². The van der Waals surface area contributed by atoms with Crippen LogP contribution in [0.15, 0.2) is 18.3 Å². The molecule has 10 heteroatoms. The number of carbonyl (C=O) groups is 1. The van der Waals surface area contributed by atoms with Gasteiger partial charge in [0.1, 0.15) is 0 Å². The monoisotopic (exact) mass is 349 g/mol. The van der Waals surface area contributed by atoms with E-state index >= 15 is 0 Å². The first kappa shape index (κ1) is 22.0. The zero-order valence-corrected chi connectivity index (χ0v) is 12.5. The number of nitrogens with two attached hydrogens (primary N) is 1. The van der Waals surface area contributed by atoms with Crippen molar-refractivity contribution in [2.24, 2.45) is 5.73 Å². The van der Waals surface area contributed by atoms with Gasteiger partial charge in [-0.25, -0.2) is 4.98 Å². The van der Waals surface area contributed by atoms with Crippen molar-refractivity contribution in [2.45, 2.75) is 19.0 Å². The van der Waals surface area contributed by atoms with E-state index in [1.807, 2.05) is 0 Å². The number of carbonyl (C=O) groups excluding carboxylic acids is 1. The Morgan fingerprint density at radius 2 is 2.00 bits per heavy atom. The summed E-state index contributed by atoms with van der Waals surface area (Å²) in [5, 5.41) is 2.54. The average molecular weight is 350 g/mol. The fourth-order valence-electron chi connectivity index (χ4n) is 1.18. The van der Waals surface area contributed by atoms with Crippen molar-refractivity contribution in [1.82, 2.24) is 4.98 Å². The van der Waals surface area contributed by atoms with Crippen LogP contribution in [-0.2, 0) is 4.79 Å². The summed E-state index contributed by atoms with van der Waals surface area (Å²) >= 11 is 0. The second kappa shape index (κ2) is 10.5. The van der Waals surface area contributed by atoms with Gasteiger partial charge in [0.05, 0.1) is 11.9 Å². The van der Waals surface area contributed by atoms with Crippen LogP contribution in [0, 0.1) is 0 Å². The van der Waals surface area contributed by atoms with E-state index in [0.29, 0.717) is 18.7 Å². The highest BCUT2D eigenvalue weighted by Crippen LogP contribution is 2.18. The van der Waals surface area contributed by atoms with Crippen molar-refractivity contribution in [1.29, 1.82) is 0 Å². The third-order valence-electron chi connectivity index (χ3n) is 2.01. The Kier molecular flexibility index (Phi) is 11.0. The van der Waals surface area contributed by atoms with E-state index in [2.05, 4.69) is 15.0 Å². The van der Waals surface area contributed by atoms with Crippen molar-refractivity contribution >= 4 is 36.4 Å². The summed E-state index contributed by atoms with van der Waals surface area (Å²) in [6, 6.07) is 2.67. The summed E-state index contributed by atoms with van der Waals surface area (Å²) in [5.41, 5.74) is 5.65. The molecule has 0 saturated heterocycles. The largest absolute Gasteiger partial charge is 0.468 e. The van der Waals surface area contributed by atoms with Gasteiger partial charge in [0.2, 0.25) is 11.8 Å². The third-order valence-corrected chi connectivity index (χ3v) is 2.01. The molecule has 1 rings (SSSR count). The molecule has 1 heterocycles. The average Bonchev–Trinajstić information content (AvgIpc) is 2.34. The van der Waals surface area contributed by atoms with Crippen molar-refractivity contribution in [3.63, 3.8) is 0 Å². The number of aromatic nitrogens is 1. The number of hydrogen-bond donors (Lipinski definition) is 2. The Bertz CT molecular complexity index is 416. The molecule has 5 nitrogen and oxygen atoms in total. The van der Waals surface area contributed by atoms with Crippen molar-refractivity contribution in [2.75, 3.05) is 18.5 Å². The summed E-state index contributed by atoms with van der Waals surface area (Å²) in [4.78, 5) is 15.0. The fourth-order valence-corrected chi connectivity index (χ4v) is 1.18. The molecule has 122 valence electrons. The molecule has 0 radical (unpaired) electrons. The summed E-state index contributed by atoms with van der Waals surface area (Å²) < 4.78 is 40.1. The molecule has 0 unspecified atom stereocenters. The first-order valence-corrected chi connectivity index (χ1v) is 5.56. The first-order chi connectivity index (χ1) is 8.90. The van der Waals surface area contributed by atoms with E-state index in [9.17, 15) is 18.0 Å². The Hall–Kier alpha value is -1.25. The quantitative estimate of drug-likeness (QED) is 0.827. The van der Waals surface area contributed by atoms with Gasteiger partial charge in [-0.3, -0.25) is 4.79 Å². The molecule has 0 aliphatic heterocycles. The van der Waals surface area contributed by atoms with Crippen LogP contribution >= 0.6 is 24.8 Å². The summed E-state index contributed by atoms with van der Waals surface area (Å²) in [6.45, 7) is -0.988. The van der Waals surface area contributed by atoms with Gasteiger partial charge in [0.15, 0.2) is 6.61 Å². The van der Waals surface area contributed by atoms with Gasteiger partial charge in [-0.1, -0.05) is 0 Å². The Morgan fingerprint density at radius 1 is 1.33 bits per heavy atom. The van der Waals surface area contributed by atoms with Gasteiger partial charge in [-0.15, -0.1) is 24.8 Å². The zero-order valence-electron chi connectivity index (χ0n) is 10.9. The number of rotatable bonds is 6. The van der Waals surface area contributed by atoms with Crippen LogP contribution in [0.4, 0.5) is 18.9 Å². The molecule has 0 bridgehead atoms. The maximum atomic E-state index is 11.9. The lowest BCUT2D eigenvalue weighted by Gasteiger charge is -2.09. The fraction of sp³-hybridized carbons (Fsp3) is 0.455. The summed E-state index contributed by atoms with van der Waals surface area (Å²) in [6.07, 6.45) is -2.34. The highest BCUT2D eigenvalue weighted by Gasteiger charge is 2.28. The molecule has 0 aliphatic rings. The lowest BCUT2D eigenvalue weighted by atomic mass is 10.3. The Labute approximate surface area is 132 Å². The van der Waals surface area contributed by atoms with Crippen LogP contribution < -0.4 is 15.8 Å². The van der Waals surface area contributed by atoms with Gasteiger partial charge >= 0.3 is 6.18 Å². The van der Waals surface area contributed by atoms with Gasteiger partial charge < -0.3 is 15.8 Å². The molecule has 0 atom stereocenters. The summed E-state index contributed by atoms with van der Waals surface area (Å²) in [7, 11) is 0. The second-order valence-electron chi connectivity index (χ2n) is 3.73. The van der Waals surface area contributed by atoms with Crippen LogP contribution in [0.3, 0.4) is 0 Å². The van der Waals surface area contributed by atoms with Crippen LogP contribution in [0.2, 0.25) is 0 Å². The molecule has 0 fully saturated rings. The number of halogens is 5. The second-order valence-corrected chi connectivity index (χ2v) is 3.73.